The highest BCUT2D eigenvalue weighted by Crippen LogP contribution is 2.30. The number of benzene rings is 1. The van der Waals surface area contributed by atoms with Crippen molar-refractivity contribution in [1.29, 1.82) is 0 Å². The molecule has 0 spiro atoms. The van der Waals surface area contributed by atoms with Crippen molar-refractivity contribution in [3.8, 4) is 5.95 Å². The van der Waals surface area contributed by atoms with Crippen LogP contribution in [0.15, 0.2) is 43.0 Å². The smallest absolute Gasteiger partial charge is 0.259 e. The lowest BCUT2D eigenvalue weighted by atomic mass is 10.1. The van der Waals surface area contributed by atoms with E-state index in [9.17, 15) is 9.59 Å². The van der Waals surface area contributed by atoms with Gasteiger partial charge in [-0.05, 0) is 32.9 Å². The van der Waals surface area contributed by atoms with Crippen LogP contribution in [0.1, 0.15) is 33.0 Å². The molecule has 2 amide bonds. The zero-order valence-corrected chi connectivity index (χ0v) is 16.4. The molecule has 0 fully saturated rings. The third-order valence-electron chi connectivity index (χ3n) is 4.60. The minimum atomic E-state index is -0.363. The number of rotatable bonds is 4. The van der Waals surface area contributed by atoms with Crippen molar-refractivity contribution >= 4 is 23.3 Å². The van der Waals surface area contributed by atoms with Crippen LogP contribution >= 0.6 is 0 Å². The minimum Gasteiger partial charge on any atom is -0.309 e. The Bertz CT molecular complexity index is 1110. The van der Waals surface area contributed by atoms with Gasteiger partial charge in [-0.1, -0.05) is 24.8 Å². The van der Waals surface area contributed by atoms with Crippen LogP contribution in [0, 0.1) is 20.8 Å². The van der Waals surface area contributed by atoms with Crippen molar-refractivity contribution in [1.82, 2.24) is 24.6 Å². The lowest BCUT2D eigenvalue weighted by molar-refractivity contribution is -0.116. The van der Waals surface area contributed by atoms with Gasteiger partial charge in [0.2, 0.25) is 5.91 Å². The number of hydrogen-bond acceptors (Lipinski definition) is 5. The average Bonchev–Trinajstić information content (AvgIpc) is 3.14. The van der Waals surface area contributed by atoms with Gasteiger partial charge in [-0.25, -0.2) is 9.97 Å². The molecule has 0 aliphatic carbocycles. The van der Waals surface area contributed by atoms with E-state index in [0.717, 1.165) is 17.0 Å². The Hall–Kier alpha value is -3.81. The van der Waals surface area contributed by atoms with E-state index in [0.29, 0.717) is 28.7 Å². The summed E-state index contributed by atoms with van der Waals surface area (Å²) in [6, 6.07) is 10.8. The molecule has 1 aliphatic heterocycles. The average molecular weight is 388 g/mol. The zero-order valence-electron chi connectivity index (χ0n) is 16.4. The molecule has 4 rings (SSSR count). The molecule has 0 saturated heterocycles. The van der Waals surface area contributed by atoms with Gasteiger partial charge < -0.3 is 5.32 Å². The molecule has 0 unspecified atom stereocenters. The van der Waals surface area contributed by atoms with Gasteiger partial charge in [0.15, 0.2) is 0 Å². The summed E-state index contributed by atoms with van der Waals surface area (Å²) in [5.41, 5.74) is 4.12. The van der Waals surface area contributed by atoms with Crippen LogP contribution in [-0.2, 0) is 4.79 Å². The maximum atomic E-state index is 12.7. The van der Waals surface area contributed by atoms with E-state index in [1.54, 1.807) is 18.2 Å². The second kappa shape index (κ2) is 6.97. The molecule has 8 heteroatoms. The quantitative estimate of drug-likeness (QED) is 0.742. The molecular weight excluding hydrogens is 368 g/mol. The molecule has 0 atom stereocenters. The minimum absolute atomic E-state index is 0.149. The number of carbonyl (C=O) groups excluding carboxylic acids is 2. The van der Waals surface area contributed by atoms with Gasteiger partial charge in [0.05, 0.1) is 5.69 Å². The fourth-order valence-electron chi connectivity index (χ4n) is 3.37. The number of carbonyl (C=O) groups is 2. The van der Waals surface area contributed by atoms with Crippen LogP contribution in [0.3, 0.4) is 0 Å². The summed E-state index contributed by atoms with van der Waals surface area (Å²) in [6.45, 7) is 9.37. The Morgan fingerprint density at radius 3 is 2.34 bits per heavy atom. The lowest BCUT2D eigenvalue weighted by Gasteiger charge is -2.17. The summed E-state index contributed by atoms with van der Waals surface area (Å²) in [6.07, 6.45) is 0. The molecule has 1 aliphatic rings. The van der Waals surface area contributed by atoms with Gasteiger partial charge >= 0.3 is 0 Å². The number of fused-ring (bicyclic) bond motifs is 1. The van der Waals surface area contributed by atoms with Gasteiger partial charge in [-0.2, -0.15) is 9.78 Å². The molecule has 0 saturated carbocycles. The second-order valence-electron chi connectivity index (χ2n) is 6.97. The summed E-state index contributed by atoms with van der Waals surface area (Å²) in [5.74, 6) is 0.216. The van der Waals surface area contributed by atoms with Gasteiger partial charge in [0.25, 0.3) is 11.9 Å². The van der Waals surface area contributed by atoms with Crippen LogP contribution in [0.4, 0.5) is 5.82 Å². The fraction of sp³-hybridized carbons (Fsp3) is 0.190. The van der Waals surface area contributed by atoms with Crippen molar-refractivity contribution < 1.29 is 9.59 Å². The van der Waals surface area contributed by atoms with Crippen molar-refractivity contribution in [2.75, 3.05) is 11.9 Å². The Morgan fingerprint density at radius 2 is 1.69 bits per heavy atom. The maximum Gasteiger partial charge on any atom is 0.259 e. The SMILES string of the molecule is C=C1c2ccccc2C(=O)N1CC(=O)Nc1cc(C)nn1-c1nc(C)cc(C)n1. The van der Waals surface area contributed by atoms with Gasteiger partial charge in [0.1, 0.15) is 12.4 Å². The predicted molar refractivity (Wildman–Crippen MR) is 109 cm³/mol. The molecule has 146 valence electrons. The number of amides is 2. The third kappa shape index (κ3) is 3.40. The molecule has 0 bridgehead atoms. The summed E-state index contributed by atoms with van der Waals surface area (Å²) in [7, 11) is 0. The molecule has 8 nitrogen and oxygen atoms in total. The van der Waals surface area contributed by atoms with Crippen LogP contribution in [-0.4, -0.2) is 43.0 Å². The largest absolute Gasteiger partial charge is 0.309 e. The summed E-state index contributed by atoms with van der Waals surface area (Å²) < 4.78 is 1.49. The van der Waals surface area contributed by atoms with E-state index in [2.05, 4.69) is 27.0 Å². The maximum absolute atomic E-state index is 12.7. The molecule has 1 N–H and O–H groups in total. The Labute approximate surface area is 167 Å². The molecule has 3 aromatic rings. The van der Waals surface area contributed by atoms with Crippen LogP contribution in [0.2, 0.25) is 0 Å². The predicted octanol–water partition coefficient (Wildman–Crippen LogP) is 2.65. The number of anilines is 1. The standard InChI is InChI=1S/C21H20N6O2/c1-12-9-13(2)23-21(22-12)27-18(10-14(3)25-27)24-19(28)11-26-15(4)16-7-5-6-8-17(16)20(26)29/h5-10H,4,11H2,1-3H3,(H,24,28). The summed E-state index contributed by atoms with van der Waals surface area (Å²) in [5, 5.41) is 7.20. The van der Waals surface area contributed by atoms with E-state index in [1.165, 1.54) is 9.58 Å². The summed E-state index contributed by atoms with van der Waals surface area (Å²) in [4.78, 5) is 35.5. The highest BCUT2D eigenvalue weighted by molar-refractivity contribution is 6.11. The van der Waals surface area contributed by atoms with Crippen molar-refractivity contribution in [3.63, 3.8) is 0 Å². The van der Waals surface area contributed by atoms with Gasteiger partial charge in [-0.3, -0.25) is 14.5 Å². The van der Waals surface area contributed by atoms with Crippen LogP contribution in [0.25, 0.3) is 11.6 Å². The number of aromatic nitrogens is 4. The number of aryl methyl sites for hydroxylation is 3. The van der Waals surface area contributed by atoms with Gasteiger partial charge in [-0.15, -0.1) is 0 Å². The third-order valence-corrected chi connectivity index (χ3v) is 4.60. The molecule has 1 aromatic carbocycles. The normalized spacial score (nSPS) is 13.0. The van der Waals surface area contributed by atoms with E-state index >= 15 is 0 Å². The van der Waals surface area contributed by atoms with Crippen molar-refractivity contribution in [2.24, 2.45) is 0 Å². The highest BCUT2D eigenvalue weighted by Gasteiger charge is 2.32. The van der Waals surface area contributed by atoms with Crippen molar-refractivity contribution in [2.45, 2.75) is 20.8 Å². The number of nitrogens with one attached hydrogen (secondary N) is 1. The summed E-state index contributed by atoms with van der Waals surface area (Å²) >= 11 is 0. The number of hydrogen-bond donors (Lipinski definition) is 1. The first-order valence-electron chi connectivity index (χ1n) is 9.13. The van der Waals surface area contributed by atoms with Crippen molar-refractivity contribution in [3.05, 3.63) is 71.2 Å². The molecule has 3 heterocycles. The second-order valence-corrected chi connectivity index (χ2v) is 6.97. The van der Waals surface area contributed by atoms with Crippen LogP contribution in [0.5, 0.6) is 0 Å². The first-order chi connectivity index (χ1) is 13.8. The topological polar surface area (TPSA) is 93.0 Å². The molecule has 0 radical (unpaired) electrons. The van der Waals surface area contributed by atoms with Crippen LogP contribution < -0.4 is 5.32 Å². The van der Waals surface area contributed by atoms with Gasteiger partial charge in [0, 0.05) is 34.3 Å². The Morgan fingerprint density at radius 1 is 1.03 bits per heavy atom. The Kier molecular flexibility index (Phi) is 4.46. The van der Waals surface area contributed by atoms with E-state index in [-0.39, 0.29) is 18.4 Å². The molecular formula is C21H20N6O2. The first kappa shape index (κ1) is 18.5. The van der Waals surface area contributed by atoms with E-state index in [4.69, 9.17) is 0 Å². The molecule has 2 aromatic heterocycles. The molecule has 29 heavy (non-hydrogen) atoms. The fourth-order valence-corrected chi connectivity index (χ4v) is 3.37. The first-order valence-corrected chi connectivity index (χ1v) is 9.13. The highest BCUT2D eigenvalue weighted by atomic mass is 16.2. The monoisotopic (exact) mass is 388 g/mol. The Balaban J connectivity index is 1.56. The van der Waals surface area contributed by atoms with E-state index < -0.39 is 0 Å². The number of nitrogens with zero attached hydrogens (tertiary/aromatic N) is 5. The lowest BCUT2D eigenvalue weighted by Crippen LogP contribution is -2.33. The van der Waals surface area contributed by atoms with E-state index in [1.807, 2.05) is 39.0 Å². The zero-order chi connectivity index (χ0) is 20.7.